The lowest BCUT2D eigenvalue weighted by atomic mass is 10.4. The molecule has 1 fully saturated rings. The molecule has 1 amide bonds. The number of likely N-dealkylation sites (N-methyl/N-ethyl adjacent to an activating group) is 1. The van der Waals surface area contributed by atoms with Gasteiger partial charge in [-0.2, -0.15) is 0 Å². The largest absolute Gasteiger partial charge is 0.290 e. The number of thiophene rings is 1. The number of halogens is 1. The van der Waals surface area contributed by atoms with Crippen LogP contribution in [0.3, 0.4) is 0 Å². The minimum Gasteiger partial charge on any atom is -0.290 e. The minimum absolute atomic E-state index is 0.00379. The third kappa shape index (κ3) is 3.83. The van der Waals surface area contributed by atoms with Crippen LogP contribution in [0, 0.1) is 0 Å². The third-order valence-electron chi connectivity index (χ3n) is 3.10. The Labute approximate surface area is 152 Å². The van der Waals surface area contributed by atoms with Crippen LogP contribution >= 0.6 is 46.5 Å². The Morgan fingerprint density at radius 2 is 1.96 bits per heavy atom. The topological polar surface area (TPSA) is 32.7 Å². The van der Waals surface area contributed by atoms with E-state index in [1.165, 1.54) is 16.0 Å². The van der Waals surface area contributed by atoms with Crippen molar-refractivity contribution in [3.8, 4) is 0 Å². The molecule has 3 rings (SSSR count). The molecule has 2 aromatic rings. The van der Waals surface area contributed by atoms with Gasteiger partial charge in [-0.15, -0.1) is 11.3 Å². The highest BCUT2D eigenvalue weighted by molar-refractivity contribution is 8.18. The Morgan fingerprint density at radius 3 is 2.61 bits per heavy atom. The van der Waals surface area contributed by atoms with E-state index in [4.69, 9.17) is 11.6 Å². The molecule has 1 saturated heterocycles. The fraction of sp³-hybridized carbons (Fsp3) is 0.125. The zero-order chi connectivity index (χ0) is 16.4. The smallest absolute Gasteiger partial charge is 0.266 e. The predicted molar refractivity (Wildman–Crippen MR) is 102 cm³/mol. The molecule has 0 radical (unpaired) electrons. The zero-order valence-electron chi connectivity index (χ0n) is 12.4. The molecule has 118 valence electrons. The van der Waals surface area contributed by atoms with Crippen molar-refractivity contribution in [2.75, 3.05) is 14.1 Å². The van der Waals surface area contributed by atoms with Crippen LogP contribution in [0.4, 0.5) is 0 Å². The summed E-state index contributed by atoms with van der Waals surface area (Å²) in [7, 11) is 3.44. The van der Waals surface area contributed by atoms with Crippen LogP contribution in [0.15, 0.2) is 55.4 Å². The number of nitrogens with zero attached hydrogens (tertiary/aromatic N) is 2. The van der Waals surface area contributed by atoms with Crippen LogP contribution in [0.25, 0.3) is 6.08 Å². The summed E-state index contributed by atoms with van der Waals surface area (Å²) in [4.78, 5) is 20.7. The van der Waals surface area contributed by atoms with E-state index >= 15 is 0 Å². The van der Waals surface area contributed by atoms with E-state index in [0.717, 1.165) is 20.0 Å². The van der Waals surface area contributed by atoms with Crippen molar-refractivity contribution in [3.63, 3.8) is 0 Å². The highest BCUT2D eigenvalue weighted by Gasteiger charge is 2.29. The maximum atomic E-state index is 12.2. The second-order valence-corrected chi connectivity index (χ2v) is 8.63. The molecule has 23 heavy (non-hydrogen) atoms. The Kier molecular flexibility index (Phi) is 5.16. The van der Waals surface area contributed by atoms with Crippen LogP contribution < -0.4 is 0 Å². The van der Waals surface area contributed by atoms with Gasteiger partial charge in [0.25, 0.3) is 5.91 Å². The molecule has 0 N–H and O–H groups in total. The molecular weight excluding hydrogens is 368 g/mol. The van der Waals surface area contributed by atoms with E-state index in [-0.39, 0.29) is 5.91 Å². The maximum Gasteiger partial charge on any atom is 0.266 e. The van der Waals surface area contributed by atoms with Gasteiger partial charge in [-0.1, -0.05) is 23.4 Å². The van der Waals surface area contributed by atoms with Gasteiger partial charge in [0, 0.05) is 28.9 Å². The second-order valence-electron chi connectivity index (χ2n) is 4.69. The fourth-order valence-electron chi connectivity index (χ4n) is 1.96. The van der Waals surface area contributed by atoms with Crippen molar-refractivity contribution in [2.45, 2.75) is 9.10 Å². The summed E-state index contributed by atoms with van der Waals surface area (Å²) in [5.41, 5.74) is 0. The Balaban J connectivity index is 1.76. The third-order valence-corrected chi connectivity index (χ3v) is 6.68. The Bertz CT molecular complexity index is 796. The summed E-state index contributed by atoms with van der Waals surface area (Å²) >= 11 is 10.7. The average molecular weight is 381 g/mol. The summed E-state index contributed by atoms with van der Waals surface area (Å²) < 4.78 is 1.17. The summed E-state index contributed by atoms with van der Waals surface area (Å²) in [5.74, 6) is -0.00379. The number of rotatable bonds is 3. The van der Waals surface area contributed by atoms with Crippen LogP contribution in [0.2, 0.25) is 5.02 Å². The molecule has 0 spiro atoms. The number of aliphatic imine (C=N–C) groups is 1. The molecule has 1 aromatic heterocycles. The maximum absolute atomic E-state index is 12.2. The summed E-state index contributed by atoms with van der Waals surface area (Å²) in [6.07, 6.45) is 1.93. The molecule has 0 saturated carbocycles. The molecule has 0 unspecified atom stereocenters. The highest BCUT2D eigenvalue weighted by Crippen LogP contribution is 2.37. The molecule has 7 heteroatoms. The van der Waals surface area contributed by atoms with E-state index in [0.29, 0.717) is 4.91 Å². The van der Waals surface area contributed by atoms with Gasteiger partial charge in [0.15, 0.2) is 5.17 Å². The molecule has 0 atom stereocenters. The van der Waals surface area contributed by atoms with Crippen molar-refractivity contribution in [1.82, 2.24) is 4.90 Å². The van der Waals surface area contributed by atoms with Gasteiger partial charge in [-0.25, -0.2) is 0 Å². The summed E-state index contributed by atoms with van der Waals surface area (Å²) in [5, 5.41) is 1.47. The lowest BCUT2D eigenvalue weighted by Gasteiger charge is -2.04. The molecule has 2 heterocycles. The Hall–Kier alpha value is -1.21. The number of hydrogen-bond acceptors (Lipinski definition) is 5. The van der Waals surface area contributed by atoms with Crippen molar-refractivity contribution in [3.05, 3.63) is 51.2 Å². The number of carbonyl (C=O) groups excluding carboxylic acids is 1. The van der Waals surface area contributed by atoms with Crippen molar-refractivity contribution < 1.29 is 4.79 Å². The molecule has 3 nitrogen and oxygen atoms in total. The zero-order valence-corrected chi connectivity index (χ0v) is 15.7. The van der Waals surface area contributed by atoms with Crippen molar-refractivity contribution in [1.29, 1.82) is 0 Å². The number of benzene rings is 1. The first-order chi connectivity index (χ1) is 11.1. The molecule has 0 aliphatic carbocycles. The first-order valence-corrected chi connectivity index (χ1v) is 9.57. The van der Waals surface area contributed by atoms with E-state index in [9.17, 15) is 4.79 Å². The van der Waals surface area contributed by atoms with Gasteiger partial charge < -0.3 is 0 Å². The van der Waals surface area contributed by atoms with Gasteiger partial charge in [0.05, 0.1) is 9.11 Å². The SMILES string of the molecule is CN=C1S/C(=C\c2ccc(Sc3ccc(Cl)cc3)s2)C(=O)N1C. The van der Waals surface area contributed by atoms with Gasteiger partial charge in [0.2, 0.25) is 0 Å². The molecule has 1 aliphatic heterocycles. The standard InChI is InChI=1S/C16H13ClN2OS3/c1-18-16-19(2)15(20)13(23-16)9-12-7-8-14(22-12)21-11-5-3-10(17)4-6-11/h3-9H,1-2H3/b13-9-,18-16?. The average Bonchev–Trinajstić information content (AvgIpc) is 3.09. The van der Waals surface area contributed by atoms with Gasteiger partial charge in [0.1, 0.15) is 0 Å². The first kappa shape index (κ1) is 16.6. The summed E-state index contributed by atoms with van der Waals surface area (Å²) in [6, 6.07) is 11.9. The fourth-order valence-corrected chi connectivity index (χ4v) is 5.15. The highest BCUT2D eigenvalue weighted by atomic mass is 35.5. The molecule has 1 aromatic carbocycles. The van der Waals surface area contributed by atoms with Crippen molar-refractivity contribution in [2.24, 2.45) is 4.99 Å². The normalized spacial score (nSPS) is 18.4. The molecular formula is C16H13ClN2OS3. The Morgan fingerprint density at radius 1 is 1.22 bits per heavy atom. The predicted octanol–water partition coefficient (Wildman–Crippen LogP) is 5.08. The lowest BCUT2D eigenvalue weighted by Crippen LogP contribution is -2.23. The number of amidine groups is 1. The number of hydrogen-bond donors (Lipinski definition) is 0. The summed E-state index contributed by atoms with van der Waals surface area (Å²) in [6.45, 7) is 0. The lowest BCUT2D eigenvalue weighted by molar-refractivity contribution is -0.121. The van der Waals surface area contributed by atoms with E-state index in [1.54, 1.807) is 42.1 Å². The monoisotopic (exact) mass is 380 g/mol. The van der Waals surface area contributed by atoms with Gasteiger partial charge in [-0.3, -0.25) is 14.7 Å². The number of thioether (sulfide) groups is 1. The van der Waals surface area contributed by atoms with Crippen LogP contribution in [0.5, 0.6) is 0 Å². The number of carbonyl (C=O) groups is 1. The first-order valence-electron chi connectivity index (χ1n) is 6.74. The van der Waals surface area contributed by atoms with Crippen LogP contribution in [-0.4, -0.2) is 30.1 Å². The minimum atomic E-state index is -0.00379. The van der Waals surface area contributed by atoms with Gasteiger partial charge in [-0.05, 0) is 54.2 Å². The van der Waals surface area contributed by atoms with E-state index < -0.39 is 0 Å². The molecule has 0 bridgehead atoms. The van der Waals surface area contributed by atoms with Crippen LogP contribution in [0.1, 0.15) is 4.88 Å². The van der Waals surface area contributed by atoms with E-state index in [1.807, 2.05) is 36.4 Å². The van der Waals surface area contributed by atoms with Crippen LogP contribution in [-0.2, 0) is 4.79 Å². The van der Waals surface area contributed by atoms with Gasteiger partial charge >= 0.3 is 0 Å². The molecule has 1 aliphatic rings. The second kappa shape index (κ2) is 7.13. The quantitative estimate of drug-likeness (QED) is 0.695. The van der Waals surface area contributed by atoms with Crippen molar-refractivity contribution >= 4 is 63.6 Å². The number of amides is 1. The van der Waals surface area contributed by atoms with E-state index in [2.05, 4.69) is 11.1 Å².